The molecule has 0 aliphatic carbocycles. The Hall–Kier alpha value is -4.99. The third kappa shape index (κ3) is 3.96. The van der Waals surface area contributed by atoms with Gasteiger partial charge in [0.1, 0.15) is 11.4 Å². The number of carbonyl (C=O) groups excluding carboxylic acids is 3. The molecule has 1 fully saturated rings. The lowest BCUT2D eigenvalue weighted by Gasteiger charge is -2.34. The first-order valence-electron chi connectivity index (χ1n) is 12.2. The highest BCUT2D eigenvalue weighted by molar-refractivity contribution is 6.45. The second-order valence-electron chi connectivity index (χ2n) is 9.04. The van der Waals surface area contributed by atoms with Gasteiger partial charge < -0.3 is 24.5 Å². The molecule has 0 unspecified atom stereocenters. The van der Waals surface area contributed by atoms with Gasteiger partial charge in [-0.3, -0.25) is 24.4 Å². The van der Waals surface area contributed by atoms with E-state index >= 15 is 0 Å². The van der Waals surface area contributed by atoms with Crippen molar-refractivity contribution < 1.29 is 19.1 Å². The molecule has 6 rings (SSSR count). The molecular formula is C28H24N6O4. The number of H-pyrrole nitrogens is 2. The highest BCUT2D eigenvalue weighted by Crippen LogP contribution is 2.35. The molecule has 38 heavy (non-hydrogen) atoms. The first kappa shape index (κ1) is 23.4. The van der Waals surface area contributed by atoms with Gasteiger partial charge in [0, 0.05) is 61.2 Å². The lowest BCUT2D eigenvalue weighted by Crippen LogP contribution is -2.52. The minimum atomic E-state index is -0.641. The number of methoxy groups -OCH3 is 1. The molecule has 1 aromatic carbocycles. The largest absolute Gasteiger partial charge is 0.494 e. The lowest BCUT2D eigenvalue weighted by atomic mass is 10.0. The number of hydrogen-bond acceptors (Lipinski definition) is 6. The van der Waals surface area contributed by atoms with E-state index in [1.807, 2.05) is 30.5 Å². The van der Waals surface area contributed by atoms with E-state index in [4.69, 9.17) is 4.74 Å². The molecule has 0 radical (unpaired) electrons. The van der Waals surface area contributed by atoms with Gasteiger partial charge in [-0.1, -0.05) is 12.1 Å². The molecule has 0 bridgehead atoms. The normalized spacial score (nSPS) is 13.7. The molecular weight excluding hydrogens is 484 g/mol. The number of ketones is 1. The van der Waals surface area contributed by atoms with Crippen molar-refractivity contribution in [1.29, 1.82) is 0 Å². The number of ether oxygens (including phenoxy) is 1. The SMILES string of the molecule is COc1cnc(-c2ccc3[nH]ccc3c2)c2[nH]cc(C(=O)C(=O)N3CCN(C(=O)c4ccccn4)CC3)c12. The summed E-state index contributed by atoms with van der Waals surface area (Å²) in [6.45, 7) is 1.15. The molecule has 190 valence electrons. The second-order valence-corrected chi connectivity index (χ2v) is 9.04. The summed E-state index contributed by atoms with van der Waals surface area (Å²) >= 11 is 0. The maximum atomic E-state index is 13.4. The molecule has 10 nitrogen and oxygen atoms in total. The predicted octanol–water partition coefficient (Wildman–Crippen LogP) is 3.28. The Morgan fingerprint density at radius 2 is 1.76 bits per heavy atom. The van der Waals surface area contributed by atoms with Gasteiger partial charge in [0.15, 0.2) is 0 Å². The third-order valence-corrected chi connectivity index (χ3v) is 6.90. The Morgan fingerprint density at radius 1 is 0.947 bits per heavy atom. The van der Waals surface area contributed by atoms with Crippen LogP contribution >= 0.6 is 0 Å². The van der Waals surface area contributed by atoms with E-state index in [1.54, 1.807) is 35.5 Å². The minimum absolute atomic E-state index is 0.191. The number of Topliss-reactive ketones (excluding diaryl/α,β-unsaturated/α-hetero) is 1. The van der Waals surface area contributed by atoms with Gasteiger partial charge in [-0.05, 0) is 30.3 Å². The highest BCUT2D eigenvalue weighted by Gasteiger charge is 2.31. The fourth-order valence-corrected chi connectivity index (χ4v) is 4.89. The molecule has 1 aliphatic rings. The van der Waals surface area contributed by atoms with Crippen molar-refractivity contribution in [3.63, 3.8) is 0 Å². The number of pyridine rings is 2. The van der Waals surface area contributed by atoms with Gasteiger partial charge in [0.25, 0.3) is 17.6 Å². The molecule has 0 spiro atoms. The van der Waals surface area contributed by atoms with Crippen LogP contribution in [-0.4, -0.2) is 80.6 Å². The maximum absolute atomic E-state index is 13.4. The van der Waals surface area contributed by atoms with Gasteiger partial charge in [0.05, 0.1) is 35.5 Å². The number of aromatic amines is 2. The van der Waals surface area contributed by atoms with E-state index in [1.165, 1.54) is 18.2 Å². The van der Waals surface area contributed by atoms with Crippen LogP contribution in [0.15, 0.2) is 67.3 Å². The van der Waals surface area contributed by atoms with Crippen molar-refractivity contribution in [3.05, 3.63) is 78.5 Å². The maximum Gasteiger partial charge on any atom is 0.295 e. The third-order valence-electron chi connectivity index (χ3n) is 6.90. The molecule has 0 atom stereocenters. The summed E-state index contributed by atoms with van der Waals surface area (Å²) in [5.74, 6) is -1.06. The standard InChI is InChI=1S/C28H24N6O4/c1-38-22-16-32-24(18-5-6-20-17(14-18)7-9-30-20)25-23(22)19(15-31-25)26(35)28(37)34-12-10-33(11-13-34)27(36)21-4-2-3-8-29-21/h2-9,14-16,30-31H,10-13H2,1H3. The number of nitrogens with one attached hydrogen (secondary N) is 2. The van der Waals surface area contributed by atoms with Gasteiger partial charge in [-0.2, -0.15) is 0 Å². The quantitative estimate of drug-likeness (QED) is 0.277. The molecule has 2 N–H and O–H groups in total. The number of aromatic nitrogens is 4. The second kappa shape index (κ2) is 9.47. The van der Waals surface area contributed by atoms with Crippen LogP contribution in [0.2, 0.25) is 0 Å². The van der Waals surface area contributed by atoms with E-state index < -0.39 is 11.7 Å². The summed E-state index contributed by atoms with van der Waals surface area (Å²) in [5, 5.41) is 1.54. The minimum Gasteiger partial charge on any atom is -0.494 e. The monoisotopic (exact) mass is 508 g/mol. The highest BCUT2D eigenvalue weighted by atomic mass is 16.5. The summed E-state index contributed by atoms with van der Waals surface area (Å²) in [6.07, 6.45) is 6.54. The fraction of sp³-hybridized carbons (Fsp3) is 0.179. The fourth-order valence-electron chi connectivity index (χ4n) is 4.89. The lowest BCUT2D eigenvalue weighted by molar-refractivity contribution is -0.127. The number of fused-ring (bicyclic) bond motifs is 2. The van der Waals surface area contributed by atoms with Gasteiger partial charge in [-0.15, -0.1) is 0 Å². The first-order valence-corrected chi connectivity index (χ1v) is 12.2. The van der Waals surface area contributed by atoms with Crippen LogP contribution in [0.1, 0.15) is 20.8 Å². The summed E-state index contributed by atoms with van der Waals surface area (Å²) in [5.41, 5.74) is 3.71. The van der Waals surface area contributed by atoms with E-state index in [0.717, 1.165) is 16.5 Å². The molecule has 4 aromatic heterocycles. The van der Waals surface area contributed by atoms with Crippen LogP contribution in [0.25, 0.3) is 33.1 Å². The first-order chi connectivity index (χ1) is 18.5. The van der Waals surface area contributed by atoms with Crippen LogP contribution in [0.3, 0.4) is 0 Å². The van der Waals surface area contributed by atoms with Crippen molar-refractivity contribution in [1.82, 2.24) is 29.7 Å². The zero-order valence-corrected chi connectivity index (χ0v) is 20.6. The number of benzene rings is 1. The number of nitrogens with zero attached hydrogens (tertiary/aromatic N) is 4. The van der Waals surface area contributed by atoms with Crippen LogP contribution in [0.5, 0.6) is 5.75 Å². The number of piperazine rings is 1. The Kier molecular flexibility index (Phi) is 5.83. The molecule has 1 aliphatic heterocycles. The van der Waals surface area contributed by atoms with Crippen molar-refractivity contribution in [2.45, 2.75) is 0 Å². The number of amides is 2. The van der Waals surface area contributed by atoms with Crippen LogP contribution in [0.4, 0.5) is 0 Å². The Morgan fingerprint density at radius 3 is 2.53 bits per heavy atom. The molecule has 10 heteroatoms. The van der Waals surface area contributed by atoms with Crippen molar-refractivity contribution in [2.24, 2.45) is 0 Å². The van der Waals surface area contributed by atoms with Crippen LogP contribution in [-0.2, 0) is 4.79 Å². The van der Waals surface area contributed by atoms with Gasteiger partial charge >= 0.3 is 0 Å². The smallest absolute Gasteiger partial charge is 0.295 e. The Bertz CT molecular complexity index is 1680. The van der Waals surface area contributed by atoms with E-state index in [2.05, 4.69) is 19.9 Å². The molecule has 2 amide bonds. The zero-order chi connectivity index (χ0) is 26.2. The van der Waals surface area contributed by atoms with E-state index in [9.17, 15) is 14.4 Å². The summed E-state index contributed by atoms with van der Waals surface area (Å²) in [4.78, 5) is 57.5. The van der Waals surface area contributed by atoms with Gasteiger partial charge in [0.2, 0.25) is 0 Å². The zero-order valence-electron chi connectivity index (χ0n) is 20.6. The Labute approximate surface area is 217 Å². The molecule has 5 heterocycles. The van der Waals surface area contributed by atoms with Crippen molar-refractivity contribution in [3.8, 4) is 17.0 Å². The van der Waals surface area contributed by atoms with Crippen LogP contribution in [0, 0.1) is 0 Å². The molecule has 5 aromatic rings. The van der Waals surface area contributed by atoms with E-state index in [0.29, 0.717) is 41.1 Å². The molecule has 0 saturated carbocycles. The summed E-state index contributed by atoms with van der Waals surface area (Å²) < 4.78 is 5.52. The number of carbonyl (C=O) groups is 3. The van der Waals surface area contributed by atoms with Crippen molar-refractivity contribution >= 4 is 39.4 Å². The summed E-state index contributed by atoms with van der Waals surface area (Å²) in [7, 11) is 1.50. The van der Waals surface area contributed by atoms with Crippen LogP contribution < -0.4 is 4.74 Å². The number of hydrogen-bond donors (Lipinski definition) is 2. The van der Waals surface area contributed by atoms with Gasteiger partial charge in [-0.25, -0.2) is 0 Å². The summed E-state index contributed by atoms with van der Waals surface area (Å²) in [6, 6.07) is 13.1. The number of rotatable bonds is 5. The van der Waals surface area contributed by atoms with E-state index in [-0.39, 0.29) is 24.6 Å². The Balaban J connectivity index is 1.26. The average Bonchev–Trinajstić information content (AvgIpc) is 3.63. The topological polar surface area (TPSA) is 124 Å². The molecule has 1 saturated heterocycles. The predicted molar refractivity (Wildman–Crippen MR) is 141 cm³/mol. The average molecular weight is 509 g/mol. The van der Waals surface area contributed by atoms with Crippen molar-refractivity contribution in [2.75, 3.05) is 33.3 Å².